The Morgan fingerprint density at radius 2 is 1.77 bits per heavy atom. The minimum Gasteiger partial charge on any atom is -0.344 e. The van der Waals surface area contributed by atoms with Crippen molar-refractivity contribution >= 4 is 17.5 Å². The molecule has 4 nitrogen and oxygen atoms in total. The molecule has 0 saturated heterocycles. The van der Waals surface area contributed by atoms with Gasteiger partial charge in [0.1, 0.15) is 0 Å². The molecular formula is C19H19F3N2O2. The number of aryl methyl sites for hydroxylation is 2. The van der Waals surface area contributed by atoms with Crippen LogP contribution in [0.15, 0.2) is 48.5 Å². The molecule has 2 rings (SSSR count). The fourth-order valence-electron chi connectivity index (χ4n) is 2.40. The van der Waals surface area contributed by atoms with E-state index in [2.05, 4.69) is 5.32 Å². The van der Waals surface area contributed by atoms with Crippen LogP contribution in [-0.4, -0.2) is 18.0 Å². The molecule has 0 aliphatic carbocycles. The molecule has 0 saturated carbocycles. The molecule has 0 bridgehead atoms. The van der Waals surface area contributed by atoms with E-state index in [1.165, 1.54) is 6.07 Å². The molecule has 0 atom stereocenters. The van der Waals surface area contributed by atoms with E-state index in [0.29, 0.717) is 24.1 Å². The van der Waals surface area contributed by atoms with E-state index in [-0.39, 0.29) is 12.5 Å². The number of carbonyl (C=O) groups excluding carboxylic acids is 2. The first-order valence-corrected chi connectivity index (χ1v) is 8.04. The van der Waals surface area contributed by atoms with Gasteiger partial charge in [-0.3, -0.25) is 9.59 Å². The monoisotopic (exact) mass is 364 g/mol. The first-order valence-electron chi connectivity index (χ1n) is 8.04. The summed E-state index contributed by atoms with van der Waals surface area (Å²) in [4.78, 5) is 22.9. The smallest absolute Gasteiger partial charge is 0.344 e. The van der Waals surface area contributed by atoms with Gasteiger partial charge in [-0.05, 0) is 42.2 Å². The fraction of sp³-hybridized carbons (Fsp3) is 0.263. The van der Waals surface area contributed by atoms with Crippen LogP contribution in [0, 0.1) is 6.92 Å². The van der Waals surface area contributed by atoms with Crippen molar-refractivity contribution in [3.63, 3.8) is 0 Å². The van der Waals surface area contributed by atoms with Gasteiger partial charge in [0, 0.05) is 18.7 Å². The van der Waals surface area contributed by atoms with Crippen molar-refractivity contribution < 1.29 is 22.8 Å². The molecule has 0 heterocycles. The zero-order valence-corrected chi connectivity index (χ0v) is 14.2. The van der Waals surface area contributed by atoms with Crippen LogP contribution in [0.3, 0.4) is 0 Å². The highest BCUT2D eigenvalue weighted by Gasteiger charge is 2.38. The highest BCUT2D eigenvalue weighted by molar-refractivity contribution is 5.91. The number of alkyl halides is 3. The maximum absolute atomic E-state index is 12.2. The molecule has 0 radical (unpaired) electrons. The van der Waals surface area contributed by atoms with Crippen LogP contribution in [0.25, 0.3) is 0 Å². The molecule has 138 valence electrons. The van der Waals surface area contributed by atoms with Gasteiger partial charge in [-0.2, -0.15) is 13.2 Å². The second-order valence-electron chi connectivity index (χ2n) is 5.86. The number of anilines is 1. The van der Waals surface area contributed by atoms with Gasteiger partial charge < -0.3 is 10.6 Å². The normalized spacial score (nSPS) is 11.1. The fourth-order valence-corrected chi connectivity index (χ4v) is 2.40. The van der Waals surface area contributed by atoms with Gasteiger partial charge in [0.15, 0.2) is 0 Å². The summed E-state index contributed by atoms with van der Waals surface area (Å²) in [6.07, 6.45) is -4.03. The Kier molecular flexibility index (Phi) is 6.38. The Morgan fingerprint density at radius 3 is 2.46 bits per heavy atom. The molecule has 0 unspecified atom stereocenters. The highest BCUT2D eigenvalue weighted by atomic mass is 19.4. The molecule has 7 heteroatoms. The summed E-state index contributed by atoms with van der Waals surface area (Å²) < 4.78 is 36.6. The predicted octanol–water partition coefficient (Wildman–Crippen LogP) is 3.74. The van der Waals surface area contributed by atoms with Crippen molar-refractivity contribution in [2.45, 2.75) is 32.5 Å². The van der Waals surface area contributed by atoms with E-state index in [1.54, 1.807) is 23.5 Å². The number of amides is 2. The van der Waals surface area contributed by atoms with Crippen molar-refractivity contribution in [3.8, 4) is 0 Å². The van der Waals surface area contributed by atoms with E-state index >= 15 is 0 Å². The van der Waals surface area contributed by atoms with Crippen LogP contribution in [0.2, 0.25) is 0 Å². The SMILES string of the molecule is Cc1ccccc1CCC(=O)Nc1cccc(CNC(=O)C(F)(F)F)c1. The summed E-state index contributed by atoms with van der Waals surface area (Å²) in [7, 11) is 0. The van der Waals surface area contributed by atoms with E-state index in [4.69, 9.17) is 0 Å². The van der Waals surface area contributed by atoms with Crippen molar-refractivity contribution in [1.29, 1.82) is 0 Å². The molecule has 0 aliphatic heterocycles. The van der Waals surface area contributed by atoms with Crippen LogP contribution in [0.4, 0.5) is 18.9 Å². The molecule has 2 N–H and O–H groups in total. The third kappa shape index (κ3) is 5.91. The zero-order chi connectivity index (χ0) is 19.2. The van der Waals surface area contributed by atoms with Gasteiger partial charge in [-0.1, -0.05) is 36.4 Å². The van der Waals surface area contributed by atoms with E-state index in [0.717, 1.165) is 11.1 Å². The lowest BCUT2D eigenvalue weighted by Crippen LogP contribution is -2.36. The summed E-state index contributed by atoms with van der Waals surface area (Å²) in [5, 5.41) is 4.51. The summed E-state index contributed by atoms with van der Waals surface area (Å²) >= 11 is 0. The molecule has 0 spiro atoms. The number of hydrogen-bond donors (Lipinski definition) is 2. The second kappa shape index (κ2) is 8.51. The van der Waals surface area contributed by atoms with Gasteiger partial charge in [-0.25, -0.2) is 0 Å². The third-order valence-electron chi connectivity index (χ3n) is 3.80. The number of benzene rings is 2. The highest BCUT2D eigenvalue weighted by Crippen LogP contribution is 2.16. The Balaban J connectivity index is 1.88. The predicted molar refractivity (Wildman–Crippen MR) is 92.5 cm³/mol. The summed E-state index contributed by atoms with van der Waals surface area (Å²) in [6.45, 7) is 1.71. The Hall–Kier alpha value is -2.83. The Labute approximate surface area is 149 Å². The van der Waals surface area contributed by atoms with Crippen molar-refractivity contribution in [3.05, 3.63) is 65.2 Å². The van der Waals surface area contributed by atoms with Crippen LogP contribution in [0.1, 0.15) is 23.1 Å². The topological polar surface area (TPSA) is 58.2 Å². The summed E-state index contributed by atoms with van der Waals surface area (Å²) in [5.41, 5.74) is 3.13. The average molecular weight is 364 g/mol. The number of carbonyl (C=O) groups is 2. The van der Waals surface area contributed by atoms with E-state index in [9.17, 15) is 22.8 Å². The average Bonchev–Trinajstić information content (AvgIpc) is 2.58. The van der Waals surface area contributed by atoms with Crippen molar-refractivity contribution in [2.75, 3.05) is 5.32 Å². The largest absolute Gasteiger partial charge is 0.471 e. The Morgan fingerprint density at radius 1 is 1.04 bits per heavy atom. The number of hydrogen-bond acceptors (Lipinski definition) is 2. The molecule has 26 heavy (non-hydrogen) atoms. The van der Waals surface area contributed by atoms with Gasteiger partial charge in [0.25, 0.3) is 0 Å². The maximum Gasteiger partial charge on any atom is 0.471 e. The molecule has 0 aromatic heterocycles. The number of nitrogens with one attached hydrogen (secondary N) is 2. The quantitative estimate of drug-likeness (QED) is 0.820. The second-order valence-corrected chi connectivity index (χ2v) is 5.86. The minimum atomic E-state index is -4.92. The molecule has 2 amide bonds. The summed E-state index contributed by atoms with van der Waals surface area (Å²) in [5.74, 6) is -2.19. The third-order valence-corrected chi connectivity index (χ3v) is 3.80. The van der Waals surface area contributed by atoms with Gasteiger partial charge in [0.05, 0.1) is 0 Å². The lowest BCUT2D eigenvalue weighted by atomic mass is 10.0. The van der Waals surface area contributed by atoms with E-state index < -0.39 is 12.1 Å². The van der Waals surface area contributed by atoms with Crippen molar-refractivity contribution in [2.24, 2.45) is 0 Å². The van der Waals surface area contributed by atoms with Crippen LogP contribution in [-0.2, 0) is 22.6 Å². The minimum absolute atomic E-state index is 0.190. The van der Waals surface area contributed by atoms with Crippen molar-refractivity contribution in [1.82, 2.24) is 5.32 Å². The van der Waals surface area contributed by atoms with Crippen LogP contribution >= 0.6 is 0 Å². The first kappa shape index (κ1) is 19.5. The van der Waals surface area contributed by atoms with Gasteiger partial charge in [-0.15, -0.1) is 0 Å². The van der Waals surface area contributed by atoms with Crippen LogP contribution < -0.4 is 10.6 Å². The standard InChI is InChI=1S/C19H19F3N2O2/c1-13-5-2-3-7-15(13)9-10-17(25)24-16-8-4-6-14(11-16)12-23-18(26)19(20,21)22/h2-8,11H,9-10,12H2,1H3,(H,23,26)(H,24,25). The molecule has 2 aromatic rings. The van der Waals surface area contributed by atoms with Gasteiger partial charge >= 0.3 is 12.1 Å². The first-order chi connectivity index (χ1) is 12.3. The van der Waals surface area contributed by atoms with Crippen LogP contribution in [0.5, 0.6) is 0 Å². The zero-order valence-electron chi connectivity index (χ0n) is 14.2. The molecule has 0 fully saturated rings. The van der Waals surface area contributed by atoms with E-state index in [1.807, 2.05) is 31.2 Å². The lowest BCUT2D eigenvalue weighted by molar-refractivity contribution is -0.173. The summed E-state index contributed by atoms with van der Waals surface area (Å²) in [6, 6.07) is 14.1. The molecule has 0 aliphatic rings. The number of halogens is 3. The number of rotatable bonds is 6. The van der Waals surface area contributed by atoms with Gasteiger partial charge in [0.2, 0.25) is 5.91 Å². The maximum atomic E-state index is 12.2. The Bertz CT molecular complexity index is 788. The molecule has 2 aromatic carbocycles. The lowest BCUT2D eigenvalue weighted by Gasteiger charge is -2.10. The molecular weight excluding hydrogens is 345 g/mol.